The van der Waals surface area contributed by atoms with Crippen molar-refractivity contribution >= 4 is 11.6 Å². The maximum absolute atomic E-state index is 13.5. The number of rotatable bonds is 4. The first-order valence-corrected chi connectivity index (χ1v) is 6.59. The van der Waals surface area contributed by atoms with Crippen LogP contribution in [0.1, 0.15) is 43.0 Å². The Labute approximate surface area is 112 Å². The molecule has 5 heteroatoms. The topological polar surface area (TPSA) is 67.2 Å². The minimum Gasteiger partial charge on any atom is -0.351 e. The number of carbonyl (C=O) groups excluding carboxylic acids is 1. The van der Waals surface area contributed by atoms with Gasteiger partial charge >= 0.3 is 0 Å². The molecule has 1 aliphatic rings. The molecule has 2 rings (SSSR count). The van der Waals surface area contributed by atoms with Crippen molar-refractivity contribution in [3.05, 3.63) is 29.6 Å². The Morgan fingerprint density at radius 1 is 1.42 bits per heavy atom. The molecule has 0 saturated heterocycles. The number of nitrogens with two attached hydrogens (primary N) is 1. The minimum absolute atomic E-state index is 0.0385. The number of hydrazine groups is 1. The molecule has 0 aromatic heterocycles. The van der Waals surface area contributed by atoms with E-state index in [2.05, 4.69) is 17.7 Å². The van der Waals surface area contributed by atoms with Gasteiger partial charge in [-0.2, -0.15) is 0 Å². The molecule has 1 amide bonds. The first kappa shape index (κ1) is 13.8. The van der Waals surface area contributed by atoms with Crippen molar-refractivity contribution in [1.29, 1.82) is 0 Å². The summed E-state index contributed by atoms with van der Waals surface area (Å²) in [5, 5.41) is 2.88. The van der Waals surface area contributed by atoms with Gasteiger partial charge in [-0.15, -0.1) is 0 Å². The average molecular weight is 265 g/mol. The van der Waals surface area contributed by atoms with E-state index in [0.29, 0.717) is 6.54 Å². The maximum Gasteiger partial charge on any atom is 0.253 e. The molecule has 1 aromatic rings. The number of carbonyl (C=O) groups is 1. The van der Waals surface area contributed by atoms with Crippen molar-refractivity contribution in [2.75, 3.05) is 12.0 Å². The summed E-state index contributed by atoms with van der Waals surface area (Å²) in [5.74, 6) is 4.45. The van der Waals surface area contributed by atoms with Gasteiger partial charge in [0, 0.05) is 6.54 Å². The van der Waals surface area contributed by atoms with E-state index in [9.17, 15) is 9.18 Å². The van der Waals surface area contributed by atoms with E-state index in [0.717, 1.165) is 12.8 Å². The average Bonchev–Trinajstić information content (AvgIpc) is 2.83. The summed E-state index contributed by atoms with van der Waals surface area (Å²) in [6.07, 6.45) is 4.67. The van der Waals surface area contributed by atoms with Crippen LogP contribution in [0.2, 0.25) is 0 Å². The number of hydrogen-bond acceptors (Lipinski definition) is 3. The Bertz CT molecular complexity index is 470. The number of hydrogen-bond donors (Lipinski definition) is 3. The fourth-order valence-electron chi connectivity index (χ4n) is 2.65. The van der Waals surface area contributed by atoms with Crippen LogP contribution in [-0.2, 0) is 0 Å². The molecule has 4 N–H and O–H groups in total. The van der Waals surface area contributed by atoms with E-state index in [1.807, 2.05) is 0 Å². The Hall–Kier alpha value is -1.62. The highest BCUT2D eigenvalue weighted by atomic mass is 19.1. The molecule has 1 aliphatic carbocycles. The molecule has 1 fully saturated rings. The van der Waals surface area contributed by atoms with Crippen LogP contribution in [0.3, 0.4) is 0 Å². The second-order valence-electron chi connectivity index (χ2n) is 5.51. The van der Waals surface area contributed by atoms with Crippen LogP contribution >= 0.6 is 0 Å². The normalized spacial score (nSPS) is 17.2. The molecule has 0 atom stereocenters. The zero-order chi connectivity index (χ0) is 13.9. The van der Waals surface area contributed by atoms with Gasteiger partial charge in [0.25, 0.3) is 5.91 Å². The van der Waals surface area contributed by atoms with E-state index in [1.165, 1.54) is 25.0 Å². The first-order chi connectivity index (χ1) is 9.06. The summed E-state index contributed by atoms with van der Waals surface area (Å²) in [7, 11) is 0. The maximum atomic E-state index is 13.5. The van der Waals surface area contributed by atoms with Crippen molar-refractivity contribution in [1.82, 2.24) is 5.32 Å². The molecule has 104 valence electrons. The minimum atomic E-state index is -0.526. The molecule has 0 spiro atoms. The predicted molar refractivity (Wildman–Crippen MR) is 73.1 cm³/mol. The lowest BCUT2D eigenvalue weighted by Gasteiger charge is -2.24. The lowest BCUT2D eigenvalue weighted by Crippen LogP contribution is -2.34. The molecule has 0 unspecified atom stereocenters. The van der Waals surface area contributed by atoms with Crippen LogP contribution in [0.25, 0.3) is 0 Å². The Morgan fingerprint density at radius 3 is 2.74 bits per heavy atom. The lowest BCUT2D eigenvalue weighted by atomic mass is 9.89. The highest BCUT2D eigenvalue weighted by molar-refractivity contribution is 5.99. The zero-order valence-corrected chi connectivity index (χ0v) is 11.1. The van der Waals surface area contributed by atoms with E-state index in [1.54, 1.807) is 6.07 Å². The summed E-state index contributed by atoms with van der Waals surface area (Å²) in [6, 6.07) is 4.33. The zero-order valence-electron chi connectivity index (χ0n) is 11.1. The van der Waals surface area contributed by atoms with Crippen molar-refractivity contribution in [2.24, 2.45) is 11.3 Å². The summed E-state index contributed by atoms with van der Waals surface area (Å²) >= 11 is 0. The molecule has 0 aliphatic heterocycles. The summed E-state index contributed by atoms with van der Waals surface area (Å²) in [6.45, 7) is 2.79. The van der Waals surface area contributed by atoms with Crippen molar-refractivity contribution in [3.8, 4) is 0 Å². The van der Waals surface area contributed by atoms with Crippen molar-refractivity contribution in [3.63, 3.8) is 0 Å². The van der Waals surface area contributed by atoms with E-state index < -0.39 is 5.82 Å². The number of amides is 1. The fourth-order valence-corrected chi connectivity index (χ4v) is 2.65. The number of para-hydroxylation sites is 1. The van der Waals surface area contributed by atoms with Crippen LogP contribution in [0.5, 0.6) is 0 Å². The molecule has 4 nitrogen and oxygen atoms in total. The number of nitrogens with one attached hydrogen (secondary N) is 2. The van der Waals surface area contributed by atoms with Gasteiger partial charge < -0.3 is 10.7 Å². The van der Waals surface area contributed by atoms with Gasteiger partial charge in [0.05, 0.1) is 11.3 Å². The quantitative estimate of drug-likeness (QED) is 0.578. The highest BCUT2D eigenvalue weighted by Gasteiger charge is 2.29. The van der Waals surface area contributed by atoms with Gasteiger partial charge in [-0.25, -0.2) is 4.39 Å². The predicted octanol–water partition coefficient (Wildman–Crippen LogP) is 2.42. The van der Waals surface area contributed by atoms with Gasteiger partial charge in [0.15, 0.2) is 0 Å². The molecule has 19 heavy (non-hydrogen) atoms. The first-order valence-electron chi connectivity index (χ1n) is 6.59. The second-order valence-corrected chi connectivity index (χ2v) is 5.51. The number of anilines is 1. The molecule has 0 heterocycles. The monoisotopic (exact) mass is 265 g/mol. The number of nitrogen functional groups attached to an aromatic ring is 1. The molecule has 1 aromatic carbocycles. The largest absolute Gasteiger partial charge is 0.351 e. The van der Waals surface area contributed by atoms with Crippen LogP contribution in [0.4, 0.5) is 10.1 Å². The summed E-state index contributed by atoms with van der Waals surface area (Å²) in [4.78, 5) is 12.1. The van der Waals surface area contributed by atoms with Crippen molar-refractivity contribution < 1.29 is 9.18 Å². The number of halogens is 1. The Balaban J connectivity index is 2.06. The molecular formula is C14H20FN3O. The Morgan fingerprint density at radius 2 is 2.11 bits per heavy atom. The fraction of sp³-hybridized carbons (Fsp3) is 0.500. The molecular weight excluding hydrogens is 245 g/mol. The van der Waals surface area contributed by atoms with Gasteiger partial charge in [0.2, 0.25) is 0 Å². The smallest absolute Gasteiger partial charge is 0.253 e. The van der Waals surface area contributed by atoms with Gasteiger partial charge in [-0.1, -0.05) is 25.8 Å². The van der Waals surface area contributed by atoms with E-state index in [4.69, 9.17) is 5.84 Å². The standard InChI is InChI=1S/C14H20FN3O/c1-14(7-2-3-8-14)9-17-13(19)10-5-4-6-11(15)12(10)18-16/h4-6,18H,2-3,7-9,16H2,1H3,(H,17,19). The Kier molecular flexibility index (Phi) is 4.04. The van der Waals surface area contributed by atoms with Gasteiger partial charge in [-0.3, -0.25) is 10.6 Å². The highest BCUT2D eigenvalue weighted by Crippen LogP contribution is 2.36. The lowest BCUT2D eigenvalue weighted by molar-refractivity contribution is 0.0934. The second kappa shape index (κ2) is 5.57. The van der Waals surface area contributed by atoms with Crippen LogP contribution in [0.15, 0.2) is 18.2 Å². The van der Waals surface area contributed by atoms with Crippen LogP contribution in [0, 0.1) is 11.2 Å². The third-order valence-electron chi connectivity index (χ3n) is 3.89. The number of benzene rings is 1. The van der Waals surface area contributed by atoms with Crippen LogP contribution < -0.4 is 16.6 Å². The molecule has 0 radical (unpaired) electrons. The van der Waals surface area contributed by atoms with Gasteiger partial charge in [-0.05, 0) is 30.4 Å². The van der Waals surface area contributed by atoms with Gasteiger partial charge in [0.1, 0.15) is 5.82 Å². The molecule has 0 bridgehead atoms. The van der Waals surface area contributed by atoms with E-state index >= 15 is 0 Å². The SMILES string of the molecule is CC1(CNC(=O)c2cccc(F)c2NN)CCCC1. The van der Waals surface area contributed by atoms with Crippen molar-refractivity contribution in [2.45, 2.75) is 32.6 Å². The molecule has 1 saturated carbocycles. The summed E-state index contributed by atoms with van der Waals surface area (Å²) < 4.78 is 13.5. The van der Waals surface area contributed by atoms with Crippen LogP contribution in [-0.4, -0.2) is 12.5 Å². The third-order valence-corrected chi connectivity index (χ3v) is 3.89. The summed E-state index contributed by atoms with van der Waals surface area (Å²) in [5.41, 5.74) is 2.69. The van der Waals surface area contributed by atoms with E-state index in [-0.39, 0.29) is 22.6 Å². The third kappa shape index (κ3) is 3.04.